The van der Waals surface area contributed by atoms with Crippen LogP contribution in [0, 0.1) is 0 Å². The smallest absolute Gasteiger partial charge is 0.143 e. The monoisotopic (exact) mass is 753 g/mol. The van der Waals surface area contributed by atoms with Gasteiger partial charge < -0.3 is 13.7 Å². The Balaban J connectivity index is 1.06. The predicted octanol–water partition coefficient (Wildman–Crippen LogP) is 16.3. The molecule has 0 bridgehead atoms. The first-order chi connectivity index (χ1) is 29.2. The summed E-state index contributed by atoms with van der Waals surface area (Å²) < 4.78 is 13.3. The highest BCUT2D eigenvalue weighted by Crippen LogP contribution is 2.48. The lowest BCUT2D eigenvalue weighted by molar-refractivity contribution is 0.672. The second kappa shape index (κ2) is 13.4. The number of furan rings is 2. The average Bonchev–Trinajstić information content (AvgIpc) is 3.89. The second-order valence-electron chi connectivity index (χ2n) is 15.2. The molecule has 276 valence electrons. The molecule has 12 rings (SSSR count). The molecule has 0 saturated carbocycles. The van der Waals surface area contributed by atoms with Crippen LogP contribution in [-0.2, 0) is 0 Å². The maximum atomic E-state index is 6.74. The fourth-order valence-electron chi connectivity index (χ4n) is 9.03. The fraction of sp³-hybridized carbons (Fsp3) is 0. The molecule has 12 aromatic rings. The normalized spacial score (nSPS) is 11.7. The summed E-state index contributed by atoms with van der Waals surface area (Å²) in [6.45, 7) is 0. The van der Waals surface area contributed by atoms with Crippen LogP contribution in [-0.4, -0.2) is 0 Å². The second-order valence-corrected chi connectivity index (χ2v) is 15.2. The number of hydrogen-bond donors (Lipinski definition) is 0. The van der Waals surface area contributed by atoms with Crippen molar-refractivity contribution in [3.63, 3.8) is 0 Å². The number of rotatable bonds is 6. The predicted molar refractivity (Wildman–Crippen MR) is 247 cm³/mol. The SMILES string of the molecule is c1ccc(-c2cccc(-c3ccc(N(c4ccccc4-c4ccc5oc6c7ccccc7ccc6c5c4)c4cccc5oc6c7ccccc7ccc6c45)cc3)c2)cc1. The summed E-state index contributed by atoms with van der Waals surface area (Å²) in [5.74, 6) is 0. The molecule has 3 heteroatoms. The number of benzene rings is 10. The van der Waals surface area contributed by atoms with E-state index in [1.54, 1.807) is 0 Å². The summed E-state index contributed by atoms with van der Waals surface area (Å²) in [5.41, 5.74) is 13.7. The number of nitrogens with zero attached hydrogens (tertiary/aromatic N) is 1. The summed E-state index contributed by atoms with van der Waals surface area (Å²) in [7, 11) is 0. The van der Waals surface area contributed by atoms with E-state index >= 15 is 0 Å². The molecule has 0 aliphatic heterocycles. The third kappa shape index (κ3) is 5.44. The Morgan fingerprint density at radius 2 is 0.881 bits per heavy atom. The van der Waals surface area contributed by atoms with Gasteiger partial charge in [-0.3, -0.25) is 0 Å². The fourth-order valence-corrected chi connectivity index (χ4v) is 9.03. The van der Waals surface area contributed by atoms with Gasteiger partial charge >= 0.3 is 0 Å². The molecule has 0 amide bonds. The first-order valence-corrected chi connectivity index (χ1v) is 20.1. The van der Waals surface area contributed by atoms with Crippen molar-refractivity contribution in [1.29, 1.82) is 0 Å². The van der Waals surface area contributed by atoms with Crippen LogP contribution >= 0.6 is 0 Å². The Hall–Kier alpha value is -7.88. The van der Waals surface area contributed by atoms with E-state index in [4.69, 9.17) is 8.83 Å². The minimum absolute atomic E-state index is 0.851. The van der Waals surface area contributed by atoms with Crippen molar-refractivity contribution in [2.45, 2.75) is 0 Å². The van der Waals surface area contributed by atoms with E-state index in [9.17, 15) is 0 Å². The molecule has 0 aliphatic carbocycles. The lowest BCUT2D eigenvalue weighted by atomic mass is 9.97. The van der Waals surface area contributed by atoms with Crippen molar-refractivity contribution < 1.29 is 8.83 Å². The standard InChI is InChI=1S/C56H35NO2/c1-2-12-36(13-3-1)40-16-10-17-41(34-40)37-24-29-43(30-25-37)57(51-22-11-23-53-54(51)48-32-27-39-15-5-7-20-46(39)56(48)59-53)50-21-9-8-18-44(50)42-28-33-52-49(35-42)47-31-26-38-14-4-6-19-45(38)55(47)58-52/h1-35H. The van der Waals surface area contributed by atoms with Gasteiger partial charge in [0, 0.05) is 38.2 Å². The van der Waals surface area contributed by atoms with Crippen molar-refractivity contribution in [2.75, 3.05) is 4.90 Å². The van der Waals surface area contributed by atoms with E-state index in [0.29, 0.717) is 0 Å². The molecule has 2 heterocycles. The van der Waals surface area contributed by atoms with Gasteiger partial charge in [0.15, 0.2) is 0 Å². The van der Waals surface area contributed by atoms with Crippen LogP contribution in [0.15, 0.2) is 221 Å². The van der Waals surface area contributed by atoms with Gasteiger partial charge in [0.2, 0.25) is 0 Å². The highest BCUT2D eigenvalue weighted by molar-refractivity contribution is 6.20. The number of anilines is 3. The van der Waals surface area contributed by atoms with Crippen LogP contribution in [0.5, 0.6) is 0 Å². The van der Waals surface area contributed by atoms with Gasteiger partial charge in [0.1, 0.15) is 22.3 Å². The van der Waals surface area contributed by atoms with Crippen LogP contribution < -0.4 is 4.90 Å². The van der Waals surface area contributed by atoms with E-state index < -0.39 is 0 Å². The van der Waals surface area contributed by atoms with Gasteiger partial charge in [-0.1, -0.05) is 152 Å². The zero-order valence-corrected chi connectivity index (χ0v) is 32.0. The quantitative estimate of drug-likeness (QED) is 0.169. The Morgan fingerprint density at radius 1 is 0.305 bits per heavy atom. The molecule has 3 nitrogen and oxygen atoms in total. The molecule has 0 spiro atoms. The highest BCUT2D eigenvalue weighted by Gasteiger charge is 2.23. The Kier molecular flexibility index (Phi) is 7.54. The largest absolute Gasteiger partial charge is 0.455 e. The lowest BCUT2D eigenvalue weighted by Gasteiger charge is -2.28. The summed E-state index contributed by atoms with van der Waals surface area (Å²) in [4.78, 5) is 2.40. The molecule has 0 fully saturated rings. The Labute approximate surface area is 340 Å². The molecule has 0 unspecified atom stereocenters. The molecule has 0 atom stereocenters. The number of para-hydroxylation sites is 1. The summed E-state index contributed by atoms with van der Waals surface area (Å²) in [5, 5.41) is 8.93. The van der Waals surface area contributed by atoms with Gasteiger partial charge in [-0.2, -0.15) is 0 Å². The third-order valence-corrected chi connectivity index (χ3v) is 11.9. The molecule has 10 aromatic carbocycles. The molecule has 0 saturated heterocycles. The van der Waals surface area contributed by atoms with E-state index in [1.807, 2.05) is 0 Å². The molecule has 2 aromatic heterocycles. The summed E-state index contributed by atoms with van der Waals surface area (Å²) in [6, 6.07) is 75.7. The van der Waals surface area contributed by atoms with Crippen molar-refractivity contribution in [3.05, 3.63) is 212 Å². The van der Waals surface area contributed by atoms with Crippen LogP contribution in [0.4, 0.5) is 17.1 Å². The highest BCUT2D eigenvalue weighted by atomic mass is 16.3. The Bertz CT molecular complexity index is 3560. The first-order valence-electron chi connectivity index (χ1n) is 20.1. The third-order valence-electron chi connectivity index (χ3n) is 11.9. The summed E-state index contributed by atoms with van der Waals surface area (Å²) >= 11 is 0. The lowest BCUT2D eigenvalue weighted by Crippen LogP contribution is -2.11. The molecular weight excluding hydrogens is 719 g/mol. The minimum Gasteiger partial charge on any atom is -0.455 e. The van der Waals surface area contributed by atoms with Gasteiger partial charge in [0.25, 0.3) is 0 Å². The zero-order valence-electron chi connectivity index (χ0n) is 32.0. The maximum Gasteiger partial charge on any atom is 0.143 e. The van der Waals surface area contributed by atoms with Gasteiger partial charge in [-0.05, 0) is 99.3 Å². The molecule has 0 N–H and O–H groups in total. The average molecular weight is 754 g/mol. The Morgan fingerprint density at radius 3 is 1.66 bits per heavy atom. The van der Waals surface area contributed by atoms with Gasteiger partial charge in [-0.25, -0.2) is 0 Å². The van der Waals surface area contributed by atoms with Crippen molar-refractivity contribution in [1.82, 2.24) is 0 Å². The molecular formula is C56H35NO2. The van der Waals surface area contributed by atoms with E-state index in [0.717, 1.165) is 93.8 Å². The van der Waals surface area contributed by atoms with Crippen molar-refractivity contribution in [3.8, 4) is 33.4 Å². The molecule has 0 radical (unpaired) electrons. The van der Waals surface area contributed by atoms with Crippen molar-refractivity contribution >= 4 is 82.5 Å². The first kappa shape index (κ1) is 33.3. The molecule has 59 heavy (non-hydrogen) atoms. The summed E-state index contributed by atoms with van der Waals surface area (Å²) in [6.07, 6.45) is 0. The van der Waals surface area contributed by atoms with E-state index in [-0.39, 0.29) is 0 Å². The molecule has 0 aliphatic rings. The number of hydrogen-bond acceptors (Lipinski definition) is 3. The van der Waals surface area contributed by atoms with Gasteiger partial charge in [0.05, 0.1) is 16.8 Å². The van der Waals surface area contributed by atoms with Crippen LogP contribution in [0.1, 0.15) is 0 Å². The van der Waals surface area contributed by atoms with Crippen molar-refractivity contribution in [2.24, 2.45) is 0 Å². The van der Waals surface area contributed by atoms with E-state index in [2.05, 4.69) is 217 Å². The topological polar surface area (TPSA) is 29.5 Å². The van der Waals surface area contributed by atoms with Crippen LogP contribution in [0.25, 0.3) is 98.8 Å². The van der Waals surface area contributed by atoms with E-state index in [1.165, 1.54) is 22.1 Å². The zero-order chi connectivity index (χ0) is 38.9. The number of fused-ring (bicyclic) bond motifs is 10. The minimum atomic E-state index is 0.851. The maximum absolute atomic E-state index is 6.74. The van der Waals surface area contributed by atoms with Crippen LogP contribution in [0.2, 0.25) is 0 Å². The van der Waals surface area contributed by atoms with Gasteiger partial charge in [-0.15, -0.1) is 0 Å². The van der Waals surface area contributed by atoms with Crippen LogP contribution in [0.3, 0.4) is 0 Å².